The summed E-state index contributed by atoms with van der Waals surface area (Å²) in [6, 6.07) is 3.16. The van der Waals surface area contributed by atoms with Crippen molar-refractivity contribution in [3.8, 4) is 5.75 Å². The van der Waals surface area contributed by atoms with Crippen molar-refractivity contribution in [3.05, 3.63) is 24.0 Å². The highest BCUT2D eigenvalue weighted by atomic mass is 19.1. The van der Waals surface area contributed by atoms with Crippen LogP contribution in [-0.2, 0) is 9.59 Å². The molecule has 1 aliphatic rings. The molecule has 1 aromatic carbocycles. The first kappa shape index (κ1) is 13.3. The monoisotopic (exact) mass is 267 g/mol. The number of fused-ring (bicyclic) bond motifs is 1. The quantitative estimate of drug-likeness (QED) is 0.715. The first-order chi connectivity index (χ1) is 9.01. The van der Waals surface area contributed by atoms with E-state index in [-0.39, 0.29) is 12.1 Å². The van der Waals surface area contributed by atoms with Gasteiger partial charge in [0.15, 0.2) is 6.10 Å². The molecule has 2 rings (SSSR count). The Balaban J connectivity index is 2.15. The number of amides is 2. The Morgan fingerprint density at radius 2 is 2.37 bits per heavy atom. The fourth-order valence-corrected chi connectivity index (χ4v) is 1.87. The summed E-state index contributed by atoms with van der Waals surface area (Å²) in [6.07, 6.45) is -0.739. The number of primary amides is 1. The standard InChI is InChI=1S/C12H14FN3O3/c1-15-8(11(14)17)5-10-12(18)16-7-4-6(13)2-3-9(7)19-10/h2-4,8,10,15H,5H2,1H3,(H2,14,17)(H,16,18)/t8-,10-/m0/s1. The zero-order valence-corrected chi connectivity index (χ0v) is 10.3. The van der Waals surface area contributed by atoms with Crippen LogP contribution in [0.25, 0.3) is 0 Å². The van der Waals surface area contributed by atoms with Crippen LogP contribution in [0.4, 0.5) is 10.1 Å². The van der Waals surface area contributed by atoms with Gasteiger partial charge < -0.3 is 21.1 Å². The molecule has 0 radical (unpaired) electrons. The molecule has 7 heteroatoms. The number of nitrogens with one attached hydrogen (secondary N) is 2. The highest BCUT2D eigenvalue weighted by Gasteiger charge is 2.31. The molecule has 0 spiro atoms. The maximum atomic E-state index is 13.0. The first-order valence-corrected chi connectivity index (χ1v) is 5.75. The summed E-state index contributed by atoms with van der Waals surface area (Å²) in [6.45, 7) is 0. The third-order valence-electron chi connectivity index (χ3n) is 2.90. The van der Waals surface area contributed by atoms with E-state index in [1.54, 1.807) is 7.05 Å². The Labute approximate surface area is 109 Å². The molecule has 1 aliphatic heterocycles. The van der Waals surface area contributed by atoms with Crippen molar-refractivity contribution in [1.82, 2.24) is 5.32 Å². The van der Waals surface area contributed by atoms with Crippen molar-refractivity contribution >= 4 is 17.5 Å². The lowest BCUT2D eigenvalue weighted by Gasteiger charge is -2.27. The van der Waals surface area contributed by atoms with E-state index in [9.17, 15) is 14.0 Å². The van der Waals surface area contributed by atoms with Gasteiger partial charge in [-0.2, -0.15) is 0 Å². The number of rotatable bonds is 4. The number of halogens is 1. The molecule has 0 saturated heterocycles. The average molecular weight is 267 g/mol. The third-order valence-corrected chi connectivity index (χ3v) is 2.90. The number of carbonyl (C=O) groups excluding carboxylic acids is 2. The minimum Gasteiger partial charge on any atom is -0.478 e. The van der Waals surface area contributed by atoms with Gasteiger partial charge in [-0.25, -0.2) is 4.39 Å². The molecule has 0 aromatic heterocycles. The number of anilines is 1. The van der Waals surface area contributed by atoms with Crippen LogP contribution in [0, 0.1) is 5.82 Å². The van der Waals surface area contributed by atoms with Crippen LogP contribution >= 0.6 is 0 Å². The number of hydrogen-bond acceptors (Lipinski definition) is 4. The molecule has 19 heavy (non-hydrogen) atoms. The van der Waals surface area contributed by atoms with Crippen molar-refractivity contribution in [2.24, 2.45) is 5.73 Å². The van der Waals surface area contributed by atoms with Crippen molar-refractivity contribution in [2.45, 2.75) is 18.6 Å². The van der Waals surface area contributed by atoms with Gasteiger partial charge in [0.25, 0.3) is 5.91 Å². The van der Waals surface area contributed by atoms with E-state index in [0.29, 0.717) is 5.75 Å². The zero-order chi connectivity index (χ0) is 14.0. The van der Waals surface area contributed by atoms with E-state index < -0.39 is 29.8 Å². The van der Waals surface area contributed by atoms with Crippen LogP contribution in [0.3, 0.4) is 0 Å². The summed E-state index contributed by atoms with van der Waals surface area (Å²) < 4.78 is 18.5. The predicted octanol–water partition coefficient (Wildman–Crippen LogP) is -0.0114. The third kappa shape index (κ3) is 2.82. The van der Waals surface area contributed by atoms with Crippen LogP contribution < -0.4 is 21.1 Å². The topological polar surface area (TPSA) is 93.4 Å². The largest absolute Gasteiger partial charge is 0.478 e. The second-order valence-electron chi connectivity index (χ2n) is 4.22. The van der Waals surface area contributed by atoms with Gasteiger partial charge in [-0.1, -0.05) is 0 Å². The predicted molar refractivity (Wildman–Crippen MR) is 66.1 cm³/mol. The summed E-state index contributed by atoms with van der Waals surface area (Å²) in [5.74, 6) is -1.10. The molecule has 0 fully saturated rings. The van der Waals surface area contributed by atoms with E-state index in [1.807, 2.05) is 0 Å². The van der Waals surface area contributed by atoms with Gasteiger partial charge in [0.2, 0.25) is 5.91 Å². The molecule has 0 unspecified atom stereocenters. The molecule has 2 atom stereocenters. The minimum atomic E-state index is -0.845. The fraction of sp³-hybridized carbons (Fsp3) is 0.333. The maximum absolute atomic E-state index is 13.0. The molecular formula is C12H14FN3O3. The Kier molecular flexibility index (Phi) is 3.66. The van der Waals surface area contributed by atoms with Gasteiger partial charge in [-0.05, 0) is 19.2 Å². The van der Waals surface area contributed by atoms with Crippen LogP contribution in [0.1, 0.15) is 6.42 Å². The van der Waals surface area contributed by atoms with Crippen LogP contribution in [0.2, 0.25) is 0 Å². The molecule has 102 valence electrons. The van der Waals surface area contributed by atoms with Gasteiger partial charge in [-0.15, -0.1) is 0 Å². The van der Waals surface area contributed by atoms with Crippen LogP contribution in [0.15, 0.2) is 18.2 Å². The Bertz CT molecular complexity index is 521. The Hall–Kier alpha value is -2.15. The lowest BCUT2D eigenvalue weighted by atomic mass is 10.1. The molecule has 4 N–H and O–H groups in total. The maximum Gasteiger partial charge on any atom is 0.265 e. The molecule has 0 bridgehead atoms. The molecule has 1 heterocycles. The molecular weight excluding hydrogens is 253 g/mol. The van der Waals surface area contributed by atoms with E-state index in [2.05, 4.69) is 10.6 Å². The van der Waals surface area contributed by atoms with Gasteiger partial charge in [-0.3, -0.25) is 9.59 Å². The molecule has 0 aliphatic carbocycles. The molecule has 2 amide bonds. The number of ether oxygens (including phenoxy) is 1. The van der Waals surface area contributed by atoms with E-state index in [0.717, 1.165) is 0 Å². The van der Waals surface area contributed by atoms with Crippen molar-refractivity contribution < 1.29 is 18.7 Å². The lowest BCUT2D eigenvalue weighted by molar-refractivity contribution is -0.125. The van der Waals surface area contributed by atoms with Gasteiger partial charge in [0, 0.05) is 12.5 Å². The summed E-state index contributed by atoms with van der Waals surface area (Å²) in [5.41, 5.74) is 5.47. The normalized spacial score (nSPS) is 19.1. The fourth-order valence-electron chi connectivity index (χ4n) is 1.87. The van der Waals surface area contributed by atoms with Gasteiger partial charge in [0.1, 0.15) is 11.6 Å². The number of likely N-dealkylation sites (N-methyl/N-ethyl adjacent to an activating group) is 1. The molecule has 6 nitrogen and oxygen atoms in total. The summed E-state index contributed by atoms with van der Waals surface area (Å²) >= 11 is 0. The van der Waals surface area contributed by atoms with E-state index >= 15 is 0 Å². The van der Waals surface area contributed by atoms with E-state index in [1.165, 1.54) is 18.2 Å². The number of carbonyl (C=O) groups is 2. The lowest BCUT2D eigenvalue weighted by Crippen LogP contribution is -2.47. The van der Waals surface area contributed by atoms with Crippen molar-refractivity contribution in [1.29, 1.82) is 0 Å². The second kappa shape index (κ2) is 5.23. The number of hydrogen-bond donors (Lipinski definition) is 3. The van der Waals surface area contributed by atoms with E-state index in [4.69, 9.17) is 10.5 Å². The van der Waals surface area contributed by atoms with Gasteiger partial charge in [0.05, 0.1) is 11.7 Å². The van der Waals surface area contributed by atoms with Crippen LogP contribution in [-0.4, -0.2) is 31.0 Å². The number of nitrogens with two attached hydrogens (primary N) is 1. The average Bonchev–Trinajstić information content (AvgIpc) is 2.35. The molecule has 0 saturated carbocycles. The minimum absolute atomic E-state index is 0.106. The second-order valence-corrected chi connectivity index (χ2v) is 4.22. The SMILES string of the molecule is CN[C@@H](C[C@@H]1Oc2ccc(F)cc2NC1=O)C(N)=O. The Morgan fingerprint density at radius 1 is 1.63 bits per heavy atom. The molecule has 1 aromatic rings. The van der Waals surface area contributed by atoms with Crippen LogP contribution in [0.5, 0.6) is 5.75 Å². The smallest absolute Gasteiger partial charge is 0.265 e. The van der Waals surface area contributed by atoms with Crippen molar-refractivity contribution in [3.63, 3.8) is 0 Å². The zero-order valence-electron chi connectivity index (χ0n) is 10.3. The Morgan fingerprint density at radius 3 is 3.00 bits per heavy atom. The number of benzene rings is 1. The summed E-state index contributed by atoms with van der Waals surface area (Å²) in [5, 5.41) is 5.24. The highest BCUT2D eigenvalue weighted by Crippen LogP contribution is 2.31. The van der Waals surface area contributed by atoms with Gasteiger partial charge >= 0.3 is 0 Å². The van der Waals surface area contributed by atoms with Crippen molar-refractivity contribution in [2.75, 3.05) is 12.4 Å². The first-order valence-electron chi connectivity index (χ1n) is 5.75. The summed E-state index contributed by atoms with van der Waals surface area (Å²) in [4.78, 5) is 22.9. The highest BCUT2D eigenvalue weighted by molar-refractivity contribution is 5.98. The summed E-state index contributed by atoms with van der Waals surface area (Å²) in [7, 11) is 1.57.